The third-order valence-corrected chi connectivity index (χ3v) is 7.11. The Morgan fingerprint density at radius 2 is 1.89 bits per heavy atom. The zero-order valence-electron chi connectivity index (χ0n) is 15.2. The van der Waals surface area contributed by atoms with Gasteiger partial charge in [-0.3, -0.25) is 4.57 Å². The van der Waals surface area contributed by atoms with Crippen molar-refractivity contribution in [2.45, 2.75) is 37.2 Å². The summed E-state index contributed by atoms with van der Waals surface area (Å²) in [5.41, 5.74) is 2.35. The van der Waals surface area contributed by atoms with Gasteiger partial charge < -0.3 is 0 Å². The second-order valence-corrected chi connectivity index (χ2v) is 9.26. The Morgan fingerprint density at radius 1 is 1.04 bits per heavy atom. The maximum Gasteiger partial charge on any atom is 0.192 e. The van der Waals surface area contributed by atoms with E-state index in [0.717, 1.165) is 33.8 Å². The van der Waals surface area contributed by atoms with Crippen LogP contribution in [0.5, 0.6) is 0 Å². The van der Waals surface area contributed by atoms with Crippen molar-refractivity contribution >= 4 is 34.4 Å². The summed E-state index contributed by atoms with van der Waals surface area (Å²) in [5.74, 6) is 2.21. The summed E-state index contributed by atoms with van der Waals surface area (Å²) in [7, 11) is 0. The Balaban J connectivity index is 1.59. The highest BCUT2D eigenvalue weighted by Crippen LogP contribution is 2.30. The van der Waals surface area contributed by atoms with Crippen LogP contribution in [0.25, 0.3) is 10.7 Å². The Kier molecular flexibility index (Phi) is 5.71. The van der Waals surface area contributed by atoms with Gasteiger partial charge >= 0.3 is 0 Å². The van der Waals surface area contributed by atoms with Crippen LogP contribution in [-0.4, -0.2) is 19.7 Å². The summed E-state index contributed by atoms with van der Waals surface area (Å²) in [4.78, 5) is 5.88. The fraction of sp³-hybridized carbons (Fsp3) is 0.250. The van der Waals surface area contributed by atoms with Crippen LogP contribution in [0.3, 0.4) is 0 Å². The van der Waals surface area contributed by atoms with Gasteiger partial charge in [0.05, 0.1) is 22.1 Å². The second kappa shape index (κ2) is 8.37. The van der Waals surface area contributed by atoms with Gasteiger partial charge in [-0.1, -0.05) is 62.0 Å². The van der Waals surface area contributed by atoms with Gasteiger partial charge in [-0.05, 0) is 17.0 Å². The van der Waals surface area contributed by atoms with Crippen LogP contribution in [0, 0.1) is 0 Å². The minimum absolute atomic E-state index is 0.473. The Bertz CT molecular complexity index is 988. The van der Waals surface area contributed by atoms with Crippen LogP contribution in [0.2, 0.25) is 0 Å². The first kappa shape index (κ1) is 18.4. The Hall–Kier alpha value is -1.96. The first-order valence-electron chi connectivity index (χ1n) is 8.79. The molecule has 4 rings (SSSR count). The van der Waals surface area contributed by atoms with Crippen LogP contribution in [-0.2, 0) is 12.3 Å². The molecule has 0 aliphatic rings. The van der Waals surface area contributed by atoms with Gasteiger partial charge in [0.1, 0.15) is 0 Å². The Morgan fingerprint density at radius 3 is 2.59 bits per heavy atom. The molecule has 0 radical (unpaired) electrons. The standard InChI is InChI=1S/C20H20N4S3/c1-14(2)19-21-16(12-26-19)13-27-20-23-22-18(17-9-6-10-25-17)24(20)11-15-7-4-3-5-8-15/h3-10,12,14H,11,13H2,1-2H3. The number of thiazole rings is 1. The molecule has 3 aromatic heterocycles. The molecule has 0 bridgehead atoms. The molecule has 0 fully saturated rings. The molecule has 1 aromatic carbocycles. The van der Waals surface area contributed by atoms with Crippen LogP contribution >= 0.6 is 34.4 Å². The monoisotopic (exact) mass is 412 g/mol. The van der Waals surface area contributed by atoms with E-state index >= 15 is 0 Å². The summed E-state index contributed by atoms with van der Waals surface area (Å²) >= 11 is 5.13. The van der Waals surface area contributed by atoms with Crippen LogP contribution in [0.4, 0.5) is 0 Å². The number of thioether (sulfide) groups is 1. The first-order chi connectivity index (χ1) is 13.2. The maximum absolute atomic E-state index is 4.74. The lowest BCUT2D eigenvalue weighted by Gasteiger charge is -2.09. The molecule has 0 atom stereocenters. The number of hydrogen-bond acceptors (Lipinski definition) is 6. The van der Waals surface area contributed by atoms with E-state index in [1.807, 2.05) is 6.07 Å². The van der Waals surface area contributed by atoms with Gasteiger partial charge in [0.2, 0.25) is 0 Å². The lowest BCUT2D eigenvalue weighted by molar-refractivity contribution is 0.715. The quantitative estimate of drug-likeness (QED) is 0.353. The average molecular weight is 413 g/mol. The van der Waals surface area contributed by atoms with Crippen LogP contribution in [0.1, 0.15) is 36.0 Å². The third kappa shape index (κ3) is 4.31. The molecule has 0 aliphatic heterocycles. The maximum atomic E-state index is 4.74. The zero-order chi connectivity index (χ0) is 18.6. The molecule has 27 heavy (non-hydrogen) atoms. The molecule has 0 unspecified atom stereocenters. The van der Waals surface area contributed by atoms with Gasteiger partial charge in [-0.2, -0.15) is 0 Å². The molecule has 0 saturated carbocycles. The van der Waals surface area contributed by atoms with E-state index in [9.17, 15) is 0 Å². The van der Waals surface area contributed by atoms with E-state index in [-0.39, 0.29) is 0 Å². The molecule has 0 aliphatic carbocycles. The normalized spacial score (nSPS) is 11.4. The lowest BCUT2D eigenvalue weighted by Crippen LogP contribution is -2.03. The zero-order valence-corrected chi connectivity index (χ0v) is 17.7. The van der Waals surface area contributed by atoms with Crippen molar-refractivity contribution in [3.8, 4) is 10.7 Å². The van der Waals surface area contributed by atoms with E-state index in [1.165, 1.54) is 10.6 Å². The highest BCUT2D eigenvalue weighted by Gasteiger charge is 2.16. The average Bonchev–Trinajstić information content (AvgIpc) is 3.42. The van der Waals surface area contributed by atoms with E-state index in [2.05, 4.69) is 75.8 Å². The van der Waals surface area contributed by atoms with Crippen molar-refractivity contribution in [3.05, 3.63) is 69.5 Å². The molecular formula is C20H20N4S3. The largest absolute Gasteiger partial charge is 0.297 e. The number of thiophene rings is 1. The fourth-order valence-corrected chi connectivity index (χ4v) is 5.17. The number of rotatable bonds is 7. The van der Waals surface area contributed by atoms with E-state index in [0.29, 0.717) is 5.92 Å². The summed E-state index contributed by atoms with van der Waals surface area (Å²) < 4.78 is 2.21. The molecule has 0 saturated heterocycles. The van der Waals surface area contributed by atoms with Gasteiger partial charge in [0, 0.05) is 17.1 Å². The Labute approximate surface area is 171 Å². The number of benzene rings is 1. The van der Waals surface area contributed by atoms with Crippen molar-refractivity contribution in [2.75, 3.05) is 0 Å². The highest BCUT2D eigenvalue weighted by atomic mass is 32.2. The van der Waals surface area contributed by atoms with E-state index in [4.69, 9.17) is 4.98 Å². The van der Waals surface area contributed by atoms with E-state index < -0.39 is 0 Å². The summed E-state index contributed by atoms with van der Waals surface area (Å²) in [6, 6.07) is 14.6. The molecule has 0 amide bonds. The molecule has 3 heterocycles. The molecule has 138 valence electrons. The molecule has 0 spiro atoms. The van der Waals surface area contributed by atoms with Crippen molar-refractivity contribution < 1.29 is 0 Å². The van der Waals surface area contributed by atoms with Gasteiger partial charge in [-0.15, -0.1) is 32.9 Å². The molecule has 4 nitrogen and oxygen atoms in total. The van der Waals surface area contributed by atoms with Crippen molar-refractivity contribution in [1.82, 2.24) is 19.7 Å². The lowest BCUT2D eigenvalue weighted by atomic mass is 10.2. The number of hydrogen-bond donors (Lipinski definition) is 0. The summed E-state index contributed by atoms with van der Waals surface area (Å²) in [6.07, 6.45) is 0. The third-order valence-electron chi connectivity index (χ3n) is 4.05. The molecular weight excluding hydrogens is 392 g/mol. The van der Waals surface area contributed by atoms with Crippen molar-refractivity contribution in [3.63, 3.8) is 0 Å². The van der Waals surface area contributed by atoms with Crippen LogP contribution in [0.15, 0.2) is 58.4 Å². The number of aromatic nitrogens is 4. The second-order valence-electron chi connectivity index (χ2n) is 6.48. The minimum atomic E-state index is 0.473. The number of nitrogens with zero attached hydrogens (tertiary/aromatic N) is 4. The van der Waals surface area contributed by atoms with Gasteiger partial charge in [0.15, 0.2) is 11.0 Å². The van der Waals surface area contributed by atoms with Gasteiger partial charge in [0.25, 0.3) is 0 Å². The predicted octanol–water partition coefficient (Wildman–Crippen LogP) is 5.93. The smallest absolute Gasteiger partial charge is 0.192 e. The first-order valence-corrected chi connectivity index (χ1v) is 11.5. The van der Waals surface area contributed by atoms with Crippen molar-refractivity contribution in [1.29, 1.82) is 0 Å². The highest BCUT2D eigenvalue weighted by molar-refractivity contribution is 7.98. The minimum Gasteiger partial charge on any atom is -0.297 e. The summed E-state index contributed by atoms with van der Waals surface area (Å²) in [5, 5.41) is 15.3. The predicted molar refractivity (Wildman–Crippen MR) is 115 cm³/mol. The van der Waals surface area contributed by atoms with Gasteiger partial charge in [-0.25, -0.2) is 4.98 Å². The molecule has 4 aromatic rings. The summed E-state index contributed by atoms with van der Waals surface area (Å²) in [6.45, 7) is 5.12. The van der Waals surface area contributed by atoms with Crippen molar-refractivity contribution in [2.24, 2.45) is 0 Å². The van der Waals surface area contributed by atoms with E-state index in [1.54, 1.807) is 34.4 Å². The topological polar surface area (TPSA) is 43.6 Å². The molecule has 7 heteroatoms. The molecule has 0 N–H and O–H groups in total. The fourth-order valence-electron chi connectivity index (χ4n) is 2.68. The SMILES string of the molecule is CC(C)c1nc(CSc2nnc(-c3cccs3)n2Cc2ccccc2)cs1. The van der Waals surface area contributed by atoms with Crippen LogP contribution < -0.4 is 0 Å².